The zero-order valence-electron chi connectivity index (χ0n) is 19.3. The van der Waals surface area contributed by atoms with Crippen LogP contribution in [0, 0.1) is 0 Å². The van der Waals surface area contributed by atoms with Gasteiger partial charge in [-0.05, 0) is 31.4 Å². The number of rotatable bonds is 9. The van der Waals surface area contributed by atoms with Crippen molar-refractivity contribution < 1.29 is 4.79 Å². The highest BCUT2D eigenvalue weighted by Crippen LogP contribution is 2.31. The van der Waals surface area contributed by atoms with Crippen LogP contribution in [0.25, 0.3) is 16.7 Å². The van der Waals surface area contributed by atoms with Crippen LogP contribution in [0.2, 0.25) is 0 Å². The Balaban J connectivity index is 1.39. The van der Waals surface area contributed by atoms with Crippen LogP contribution >= 0.6 is 11.8 Å². The maximum absolute atomic E-state index is 13.1. The molecule has 34 heavy (non-hydrogen) atoms. The Morgan fingerprint density at radius 2 is 1.97 bits per heavy atom. The molecule has 10 heteroatoms. The lowest BCUT2D eigenvalue weighted by atomic mass is 10.2. The van der Waals surface area contributed by atoms with Gasteiger partial charge in [0.15, 0.2) is 5.16 Å². The van der Waals surface area contributed by atoms with Crippen molar-refractivity contribution in [3.05, 3.63) is 46.9 Å². The Kier molecular flexibility index (Phi) is 6.66. The molecule has 0 spiro atoms. The quantitative estimate of drug-likeness (QED) is 0.284. The van der Waals surface area contributed by atoms with E-state index in [1.54, 1.807) is 10.8 Å². The van der Waals surface area contributed by atoms with E-state index in [1.165, 1.54) is 24.6 Å². The summed E-state index contributed by atoms with van der Waals surface area (Å²) < 4.78 is 5.53. The number of nitrogens with zero attached hydrogens (tertiary/aromatic N) is 6. The topological polar surface area (TPSA) is 99.1 Å². The molecule has 1 saturated carbocycles. The summed E-state index contributed by atoms with van der Waals surface area (Å²) in [7, 11) is 0. The molecule has 3 heterocycles. The van der Waals surface area contributed by atoms with E-state index in [0.29, 0.717) is 28.9 Å². The van der Waals surface area contributed by atoms with E-state index < -0.39 is 0 Å². The number of benzene rings is 1. The Labute approximate surface area is 201 Å². The van der Waals surface area contributed by atoms with Crippen LogP contribution in [-0.4, -0.2) is 40.6 Å². The molecule has 3 aromatic heterocycles. The summed E-state index contributed by atoms with van der Waals surface area (Å²) in [4.78, 5) is 25.9. The lowest BCUT2D eigenvalue weighted by molar-refractivity contribution is -0.113. The molecule has 1 amide bonds. The van der Waals surface area contributed by atoms with E-state index in [2.05, 4.69) is 27.5 Å². The van der Waals surface area contributed by atoms with Gasteiger partial charge in [-0.25, -0.2) is 4.68 Å². The summed E-state index contributed by atoms with van der Waals surface area (Å²) in [5.74, 6) is 1.31. The fourth-order valence-electron chi connectivity index (χ4n) is 4.71. The number of carbonyl (C=O) groups is 1. The number of unbranched alkanes of at least 4 members (excludes halogenated alkanes) is 2. The molecule has 4 aromatic rings. The third kappa shape index (κ3) is 4.34. The monoisotopic (exact) mass is 479 g/mol. The molecule has 0 aliphatic heterocycles. The molecule has 1 fully saturated rings. The van der Waals surface area contributed by atoms with Crippen molar-refractivity contribution in [2.45, 2.75) is 69.6 Å². The molecule has 0 radical (unpaired) electrons. The number of carbonyl (C=O) groups excluding carboxylic acids is 1. The van der Waals surface area contributed by atoms with Gasteiger partial charge in [0.05, 0.1) is 28.9 Å². The molecule has 1 aliphatic rings. The van der Waals surface area contributed by atoms with Crippen LogP contribution in [0.3, 0.4) is 0 Å². The number of fused-ring (bicyclic) bond motifs is 3. The number of para-hydroxylation sites is 1. The first kappa shape index (κ1) is 22.6. The van der Waals surface area contributed by atoms with Gasteiger partial charge in [-0.3, -0.25) is 18.6 Å². The molecule has 9 nitrogen and oxygen atoms in total. The largest absolute Gasteiger partial charge is 0.310 e. The third-order valence-electron chi connectivity index (χ3n) is 6.40. The second kappa shape index (κ2) is 10.0. The molecular weight excluding hydrogens is 450 g/mol. The van der Waals surface area contributed by atoms with Crippen LogP contribution in [0.15, 0.2) is 46.5 Å². The number of nitrogens with one attached hydrogen (secondary N) is 1. The SMILES string of the molecule is CCCCCn1c(=O)c2ccccc2n2c(SCC(=O)Nc3ccnn3C3CCCC3)nnc12. The number of aryl methyl sites for hydroxylation is 1. The van der Waals surface area contributed by atoms with Crippen molar-refractivity contribution in [2.24, 2.45) is 0 Å². The van der Waals surface area contributed by atoms with Gasteiger partial charge in [0.2, 0.25) is 11.7 Å². The lowest BCUT2D eigenvalue weighted by Gasteiger charge is -2.14. The highest BCUT2D eigenvalue weighted by Gasteiger charge is 2.21. The van der Waals surface area contributed by atoms with Crippen molar-refractivity contribution in [3.63, 3.8) is 0 Å². The van der Waals surface area contributed by atoms with Gasteiger partial charge in [-0.15, -0.1) is 10.2 Å². The summed E-state index contributed by atoms with van der Waals surface area (Å²) >= 11 is 1.31. The van der Waals surface area contributed by atoms with E-state index in [1.807, 2.05) is 39.4 Å². The van der Waals surface area contributed by atoms with Gasteiger partial charge >= 0.3 is 0 Å². The molecule has 0 saturated heterocycles. The van der Waals surface area contributed by atoms with E-state index in [-0.39, 0.29) is 17.2 Å². The average Bonchev–Trinajstić information content (AvgIpc) is 3.61. The van der Waals surface area contributed by atoms with Crippen molar-refractivity contribution in [3.8, 4) is 0 Å². The number of aromatic nitrogens is 6. The molecule has 1 aromatic carbocycles. The summed E-state index contributed by atoms with van der Waals surface area (Å²) in [5, 5.41) is 17.3. The van der Waals surface area contributed by atoms with Crippen LogP contribution in [-0.2, 0) is 11.3 Å². The number of hydrogen-bond acceptors (Lipinski definition) is 6. The standard InChI is InChI=1S/C24H29N7O2S/c1-2-3-8-15-29-22(33)18-11-6-7-12-19(18)30-23(29)27-28-24(30)34-16-21(32)26-20-13-14-25-31(20)17-9-4-5-10-17/h6-7,11-14,17H,2-5,8-10,15-16H2,1H3,(H,26,32). The first-order chi connectivity index (χ1) is 16.7. The van der Waals surface area contributed by atoms with Gasteiger partial charge in [0.1, 0.15) is 5.82 Å². The predicted molar refractivity (Wildman–Crippen MR) is 133 cm³/mol. The first-order valence-corrected chi connectivity index (χ1v) is 13.0. The van der Waals surface area contributed by atoms with Crippen molar-refractivity contribution in [1.29, 1.82) is 0 Å². The third-order valence-corrected chi connectivity index (χ3v) is 7.33. The minimum atomic E-state index is -0.123. The Morgan fingerprint density at radius 3 is 2.79 bits per heavy atom. The van der Waals surface area contributed by atoms with Crippen LogP contribution in [0.5, 0.6) is 0 Å². The average molecular weight is 480 g/mol. The first-order valence-electron chi connectivity index (χ1n) is 12.0. The normalized spacial score (nSPS) is 14.4. The fourth-order valence-corrected chi connectivity index (χ4v) is 5.45. The van der Waals surface area contributed by atoms with E-state index >= 15 is 0 Å². The van der Waals surface area contributed by atoms with Crippen LogP contribution < -0.4 is 10.9 Å². The zero-order valence-corrected chi connectivity index (χ0v) is 20.1. The maximum Gasteiger partial charge on any atom is 0.262 e. The van der Waals surface area contributed by atoms with Crippen molar-refractivity contribution >= 4 is 40.2 Å². The predicted octanol–water partition coefficient (Wildman–Crippen LogP) is 4.28. The fraction of sp³-hybridized carbons (Fsp3) is 0.458. The smallest absolute Gasteiger partial charge is 0.262 e. The minimum absolute atomic E-state index is 0.0546. The number of amides is 1. The van der Waals surface area contributed by atoms with Gasteiger partial charge in [0.25, 0.3) is 5.56 Å². The molecule has 5 rings (SSSR count). The van der Waals surface area contributed by atoms with Crippen LogP contribution in [0.4, 0.5) is 5.82 Å². The summed E-state index contributed by atoms with van der Waals surface area (Å²) in [5.41, 5.74) is 0.697. The Bertz CT molecular complexity index is 1370. The highest BCUT2D eigenvalue weighted by molar-refractivity contribution is 7.99. The number of thioether (sulfide) groups is 1. The summed E-state index contributed by atoms with van der Waals surface area (Å²) in [6.07, 6.45) is 9.33. The molecular formula is C24H29N7O2S. The van der Waals surface area contributed by atoms with E-state index in [0.717, 1.165) is 43.4 Å². The van der Waals surface area contributed by atoms with Gasteiger partial charge in [0, 0.05) is 12.6 Å². The van der Waals surface area contributed by atoms with Gasteiger partial charge < -0.3 is 5.32 Å². The molecule has 0 unspecified atom stereocenters. The molecule has 1 aliphatic carbocycles. The molecule has 0 bridgehead atoms. The maximum atomic E-state index is 13.1. The zero-order chi connectivity index (χ0) is 23.5. The molecule has 1 N–H and O–H groups in total. The Morgan fingerprint density at radius 1 is 1.15 bits per heavy atom. The highest BCUT2D eigenvalue weighted by atomic mass is 32.2. The molecule has 178 valence electrons. The van der Waals surface area contributed by atoms with Gasteiger partial charge in [-0.1, -0.05) is 56.5 Å². The minimum Gasteiger partial charge on any atom is -0.310 e. The molecule has 0 atom stereocenters. The second-order valence-electron chi connectivity index (χ2n) is 8.74. The van der Waals surface area contributed by atoms with Crippen molar-refractivity contribution in [2.75, 3.05) is 11.1 Å². The Hall–Kier alpha value is -3.14. The van der Waals surface area contributed by atoms with Crippen LogP contribution in [0.1, 0.15) is 57.9 Å². The lowest BCUT2D eigenvalue weighted by Crippen LogP contribution is -2.23. The summed E-state index contributed by atoms with van der Waals surface area (Å²) in [6.45, 7) is 2.73. The van der Waals surface area contributed by atoms with E-state index in [9.17, 15) is 9.59 Å². The van der Waals surface area contributed by atoms with Gasteiger partial charge in [-0.2, -0.15) is 5.10 Å². The summed E-state index contributed by atoms with van der Waals surface area (Å²) in [6, 6.07) is 9.69. The number of anilines is 1. The second-order valence-corrected chi connectivity index (χ2v) is 9.68. The van der Waals surface area contributed by atoms with E-state index in [4.69, 9.17) is 0 Å². The van der Waals surface area contributed by atoms with Crippen molar-refractivity contribution in [1.82, 2.24) is 28.9 Å². The number of hydrogen-bond donors (Lipinski definition) is 1.